The Hall–Kier alpha value is -3.46. The van der Waals surface area contributed by atoms with Gasteiger partial charge in [0.15, 0.2) is 5.78 Å². The molecular formula is C23H18N2O. The van der Waals surface area contributed by atoms with Gasteiger partial charge in [-0.1, -0.05) is 60.7 Å². The van der Waals surface area contributed by atoms with E-state index in [2.05, 4.69) is 4.98 Å². The average Bonchev–Trinajstić information content (AvgIpc) is 2.68. The van der Waals surface area contributed by atoms with Crippen LogP contribution >= 0.6 is 0 Å². The molecule has 0 aliphatic rings. The molecule has 0 saturated heterocycles. The van der Waals surface area contributed by atoms with Gasteiger partial charge in [0.1, 0.15) is 0 Å². The molecule has 1 heterocycles. The minimum atomic E-state index is -0.0340. The number of carbonyl (C=O) groups is 1. The molecule has 3 heteroatoms. The highest BCUT2D eigenvalue weighted by Gasteiger charge is 2.18. The number of aryl methyl sites for hydroxylation is 1. The number of hydrogen-bond donors (Lipinski definition) is 1. The Kier molecular flexibility index (Phi) is 3.98. The second-order valence-electron chi connectivity index (χ2n) is 6.34. The number of nitrogen functional groups attached to an aromatic ring is 1. The van der Waals surface area contributed by atoms with Crippen LogP contribution < -0.4 is 5.73 Å². The van der Waals surface area contributed by atoms with Gasteiger partial charge in [0.05, 0.1) is 5.52 Å². The summed E-state index contributed by atoms with van der Waals surface area (Å²) in [5.74, 6) is -0.0340. The summed E-state index contributed by atoms with van der Waals surface area (Å²) < 4.78 is 0. The largest absolute Gasteiger partial charge is 0.399 e. The fraction of sp³-hybridized carbons (Fsp3) is 0.0435. The van der Waals surface area contributed by atoms with Gasteiger partial charge in [-0.2, -0.15) is 0 Å². The van der Waals surface area contributed by atoms with Crippen molar-refractivity contribution in [2.24, 2.45) is 0 Å². The zero-order valence-corrected chi connectivity index (χ0v) is 14.4. The molecule has 1 aromatic heterocycles. The molecular weight excluding hydrogens is 320 g/mol. The molecule has 126 valence electrons. The number of fused-ring (bicyclic) bond motifs is 1. The summed E-state index contributed by atoms with van der Waals surface area (Å²) in [4.78, 5) is 17.8. The van der Waals surface area contributed by atoms with Gasteiger partial charge in [-0.25, -0.2) is 0 Å². The lowest BCUT2D eigenvalue weighted by Gasteiger charge is -2.14. The fourth-order valence-corrected chi connectivity index (χ4v) is 3.25. The predicted molar refractivity (Wildman–Crippen MR) is 106 cm³/mol. The summed E-state index contributed by atoms with van der Waals surface area (Å²) in [6.07, 6.45) is 1.69. The molecule has 0 unspecified atom stereocenters. The third-order valence-electron chi connectivity index (χ3n) is 4.58. The van der Waals surface area contributed by atoms with Gasteiger partial charge in [0.2, 0.25) is 0 Å². The van der Waals surface area contributed by atoms with Crippen molar-refractivity contribution in [3.05, 3.63) is 95.7 Å². The molecule has 0 saturated carbocycles. The van der Waals surface area contributed by atoms with Gasteiger partial charge in [0.25, 0.3) is 0 Å². The van der Waals surface area contributed by atoms with Gasteiger partial charge < -0.3 is 5.73 Å². The maximum atomic E-state index is 13.2. The molecule has 0 aliphatic carbocycles. The topological polar surface area (TPSA) is 56.0 Å². The summed E-state index contributed by atoms with van der Waals surface area (Å²) in [5, 5.41) is 0.969. The number of nitrogens with zero attached hydrogens (tertiary/aromatic N) is 1. The molecule has 0 bridgehead atoms. The molecule has 0 amide bonds. The highest BCUT2D eigenvalue weighted by molar-refractivity contribution is 6.16. The summed E-state index contributed by atoms with van der Waals surface area (Å²) in [6, 6.07) is 23.0. The Labute approximate surface area is 152 Å². The van der Waals surface area contributed by atoms with E-state index in [1.807, 2.05) is 79.7 Å². The van der Waals surface area contributed by atoms with Crippen LogP contribution in [0.1, 0.15) is 21.5 Å². The van der Waals surface area contributed by atoms with Gasteiger partial charge in [0, 0.05) is 34.0 Å². The highest BCUT2D eigenvalue weighted by Crippen LogP contribution is 2.33. The molecule has 0 radical (unpaired) electrons. The number of anilines is 1. The van der Waals surface area contributed by atoms with E-state index in [1.54, 1.807) is 6.20 Å². The van der Waals surface area contributed by atoms with Crippen LogP contribution in [0.25, 0.3) is 22.0 Å². The number of rotatable bonds is 3. The third kappa shape index (κ3) is 2.74. The van der Waals surface area contributed by atoms with E-state index < -0.39 is 0 Å². The summed E-state index contributed by atoms with van der Waals surface area (Å²) in [6.45, 7) is 2.03. The van der Waals surface area contributed by atoms with Crippen LogP contribution in [0, 0.1) is 6.92 Å². The van der Waals surface area contributed by atoms with Crippen molar-refractivity contribution in [3.8, 4) is 11.1 Å². The number of benzene rings is 3. The van der Waals surface area contributed by atoms with Crippen LogP contribution in [0.3, 0.4) is 0 Å². The summed E-state index contributed by atoms with van der Waals surface area (Å²) in [5.41, 5.74) is 11.6. The van der Waals surface area contributed by atoms with E-state index in [9.17, 15) is 4.79 Å². The van der Waals surface area contributed by atoms with E-state index in [1.165, 1.54) is 0 Å². The molecule has 2 N–H and O–H groups in total. The maximum absolute atomic E-state index is 13.2. The molecule has 0 spiro atoms. The van der Waals surface area contributed by atoms with Crippen LogP contribution in [0.2, 0.25) is 0 Å². The van der Waals surface area contributed by atoms with Crippen LogP contribution in [0.15, 0.2) is 79.0 Å². The fourth-order valence-electron chi connectivity index (χ4n) is 3.25. The quantitative estimate of drug-likeness (QED) is 0.421. The number of para-hydroxylation sites is 1. The Morgan fingerprint density at radius 1 is 0.885 bits per heavy atom. The number of pyridine rings is 1. The number of carbonyl (C=O) groups excluding carboxylic acids is 1. The van der Waals surface area contributed by atoms with E-state index >= 15 is 0 Å². The second-order valence-corrected chi connectivity index (χ2v) is 6.34. The van der Waals surface area contributed by atoms with Crippen molar-refractivity contribution in [3.63, 3.8) is 0 Å². The van der Waals surface area contributed by atoms with E-state index in [4.69, 9.17) is 5.73 Å². The van der Waals surface area contributed by atoms with Crippen molar-refractivity contribution in [2.45, 2.75) is 6.92 Å². The van der Waals surface area contributed by atoms with E-state index in [-0.39, 0.29) is 5.78 Å². The monoisotopic (exact) mass is 338 g/mol. The van der Waals surface area contributed by atoms with Crippen molar-refractivity contribution in [1.29, 1.82) is 0 Å². The van der Waals surface area contributed by atoms with Crippen molar-refractivity contribution in [1.82, 2.24) is 4.98 Å². The summed E-state index contributed by atoms with van der Waals surface area (Å²) in [7, 11) is 0. The van der Waals surface area contributed by atoms with Crippen molar-refractivity contribution in [2.75, 3.05) is 5.73 Å². The molecule has 4 rings (SSSR count). The number of hydrogen-bond acceptors (Lipinski definition) is 3. The Morgan fingerprint density at radius 2 is 1.62 bits per heavy atom. The Balaban J connectivity index is 2.03. The molecule has 0 fully saturated rings. The normalized spacial score (nSPS) is 10.8. The predicted octanol–water partition coefficient (Wildman–Crippen LogP) is 5.02. The minimum Gasteiger partial charge on any atom is -0.399 e. The second kappa shape index (κ2) is 6.45. The highest BCUT2D eigenvalue weighted by atomic mass is 16.1. The van der Waals surface area contributed by atoms with Gasteiger partial charge in [-0.15, -0.1) is 0 Å². The molecule has 3 aromatic carbocycles. The first-order chi connectivity index (χ1) is 12.6. The van der Waals surface area contributed by atoms with E-state index in [0.29, 0.717) is 16.8 Å². The lowest BCUT2D eigenvalue weighted by Crippen LogP contribution is -2.05. The van der Waals surface area contributed by atoms with Crippen molar-refractivity contribution < 1.29 is 4.79 Å². The summed E-state index contributed by atoms with van der Waals surface area (Å²) >= 11 is 0. The zero-order chi connectivity index (χ0) is 18.1. The number of nitrogens with two attached hydrogens (primary N) is 1. The first kappa shape index (κ1) is 16.0. The maximum Gasteiger partial charge on any atom is 0.195 e. The smallest absolute Gasteiger partial charge is 0.195 e. The van der Waals surface area contributed by atoms with Crippen LogP contribution in [-0.2, 0) is 0 Å². The van der Waals surface area contributed by atoms with E-state index in [0.717, 1.165) is 27.6 Å². The van der Waals surface area contributed by atoms with Gasteiger partial charge in [-0.05, 0) is 30.2 Å². The van der Waals surface area contributed by atoms with Crippen LogP contribution in [0.4, 0.5) is 5.69 Å². The Morgan fingerprint density at radius 3 is 2.35 bits per heavy atom. The third-order valence-corrected chi connectivity index (χ3v) is 4.58. The zero-order valence-electron chi connectivity index (χ0n) is 14.4. The minimum absolute atomic E-state index is 0.0340. The molecule has 4 aromatic rings. The average molecular weight is 338 g/mol. The number of ketones is 1. The first-order valence-corrected chi connectivity index (χ1v) is 8.49. The molecule has 0 aliphatic heterocycles. The first-order valence-electron chi connectivity index (χ1n) is 8.49. The van der Waals surface area contributed by atoms with Crippen molar-refractivity contribution >= 4 is 22.4 Å². The molecule has 3 nitrogen and oxygen atoms in total. The lowest BCUT2D eigenvalue weighted by atomic mass is 9.91. The van der Waals surface area contributed by atoms with Gasteiger partial charge >= 0.3 is 0 Å². The van der Waals surface area contributed by atoms with Crippen LogP contribution in [0.5, 0.6) is 0 Å². The van der Waals surface area contributed by atoms with Gasteiger partial charge in [-0.3, -0.25) is 9.78 Å². The standard InChI is InChI=1S/C23H18N2O/c1-15-6-5-9-19-21(16-10-12-18(24)13-11-16)20(14-25-22(15)19)23(26)17-7-3-2-4-8-17/h2-14H,24H2,1H3. The molecule has 26 heavy (non-hydrogen) atoms. The SMILES string of the molecule is Cc1cccc2c(-c3ccc(N)cc3)c(C(=O)c3ccccc3)cnc12. The number of aromatic nitrogens is 1. The van der Waals surface area contributed by atoms with Crippen LogP contribution in [-0.4, -0.2) is 10.8 Å². The lowest BCUT2D eigenvalue weighted by molar-refractivity contribution is 0.103. The molecule has 0 atom stereocenters. The Bertz CT molecular complexity index is 1100.